The molecule has 1 aliphatic carbocycles. The minimum atomic E-state index is -4.93. The largest absolute Gasteiger partial charge is 0.573 e. The molecular formula is C29H24F6N6O4S. The lowest BCUT2D eigenvalue weighted by atomic mass is 9.91. The third-order valence-corrected chi connectivity index (χ3v) is 8.88. The zero-order chi connectivity index (χ0) is 33.5. The summed E-state index contributed by atoms with van der Waals surface area (Å²) in [6.07, 6.45) is -3.39. The number of amides is 1. The van der Waals surface area contributed by atoms with E-state index in [4.69, 9.17) is 0 Å². The Kier molecular flexibility index (Phi) is 8.31. The van der Waals surface area contributed by atoms with E-state index in [-0.39, 0.29) is 29.2 Å². The number of aromatic nitrogens is 5. The molecular weight excluding hydrogens is 642 g/mol. The Morgan fingerprint density at radius 2 is 1.67 bits per heavy atom. The number of nitrogens with one attached hydrogen (secondary N) is 1. The van der Waals surface area contributed by atoms with Gasteiger partial charge in [-0.2, -0.15) is 13.2 Å². The van der Waals surface area contributed by atoms with E-state index in [1.807, 2.05) is 0 Å². The van der Waals surface area contributed by atoms with Crippen LogP contribution >= 0.6 is 0 Å². The van der Waals surface area contributed by atoms with E-state index >= 15 is 0 Å². The first-order valence-corrected chi connectivity index (χ1v) is 15.2. The van der Waals surface area contributed by atoms with Crippen LogP contribution in [0.1, 0.15) is 28.3 Å². The van der Waals surface area contributed by atoms with E-state index in [2.05, 4.69) is 20.0 Å². The summed E-state index contributed by atoms with van der Waals surface area (Å²) in [7, 11) is -4.29. The van der Waals surface area contributed by atoms with Crippen LogP contribution in [0.5, 0.6) is 5.75 Å². The summed E-state index contributed by atoms with van der Waals surface area (Å²) in [5.74, 6) is -1.57. The molecule has 2 heterocycles. The van der Waals surface area contributed by atoms with E-state index in [9.17, 15) is 39.6 Å². The monoisotopic (exact) mass is 666 g/mol. The van der Waals surface area contributed by atoms with Crippen LogP contribution in [-0.2, 0) is 14.7 Å². The van der Waals surface area contributed by atoms with Gasteiger partial charge in [0.15, 0.2) is 9.84 Å². The van der Waals surface area contributed by atoms with Crippen LogP contribution in [0.2, 0.25) is 0 Å². The third-order valence-electron chi connectivity index (χ3n) is 7.13. The van der Waals surface area contributed by atoms with Crippen LogP contribution in [0, 0.1) is 6.92 Å². The fourth-order valence-corrected chi connectivity index (χ4v) is 6.53. The quantitative estimate of drug-likeness (QED) is 0.251. The van der Waals surface area contributed by atoms with E-state index in [0.29, 0.717) is 11.1 Å². The summed E-state index contributed by atoms with van der Waals surface area (Å²) in [6, 6.07) is 13.5. The molecule has 1 N–H and O–H groups in total. The van der Waals surface area contributed by atoms with Crippen molar-refractivity contribution in [3.8, 4) is 17.0 Å². The Morgan fingerprint density at radius 3 is 2.28 bits per heavy atom. The van der Waals surface area contributed by atoms with E-state index in [1.165, 1.54) is 35.9 Å². The average molecular weight is 667 g/mol. The van der Waals surface area contributed by atoms with Crippen molar-refractivity contribution >= 4 is 27.0 Å². The number of hydrogen-bond donors (Lipinski definition) is 1. The van der Waals surface area contributed by atoms with Crippen molar-refractivity contribution in [1.29, 1.82) is 0 Å². The van der Waals surface area contributed by atoms with Gasteiger partial charge in [-0.15, -0.1) is 18.3 Å². The van der Waals surface area contributed by atoms with Crippen molar-refractivity contribution in [2.45, 2.75) is 30.8 Å². The number of ether oxygens (including phenoxy) is 1. The van der Waals surface area contributed by atoms with Gasteiger partial charge in [-0.1, -0.05) is 41.6 Å². The van der Waals surface area contributed by atoms with Crippen molar-refractivity contribution in [3.63, 3.8) is 0 Å². The molecule has 1 aliphatic rings. The van der Waals surface area contributed by atoms with Gasteiger partial charge in [0.25, 0.3) is 5.91 Å². The molecule has 0 radical (unpaired) electrons. The molecule has 0 aliphatic heterocycles. The molecule has 242 valence electrons. The molecule has 0 fully saturated rings. The van der Waals surface area contributed by atoms with Crippen molar-refractivity contribution in [2.75, 3.05) is 12.8 Å². The number of halogens is 6. The first kappa shape index (κ1) is 32.5. The molecule has 10 nitrogen and oxygen atoms in total. The van der Waals surface area contributed by atoms with Gasteiger partial charge in [0.1, 0.15) is 23.8 Å². The number of allylic oxidation sites excluding steroid dienone is 3. The normalized spacial score (nSPS) is 17.3. The topological polar surface area (TPSA) is 121 Å². The summed E-state index contributed by atoms with van der Waals surface area (Å²) < 4.78 is 111. The summed E-state index contributed by atoms with van der Waals surface area (Å²) in [5.41, 5.74) is 1.19. The molecule has 1 unspecified atom stereocenters. The average Bonchev–Trinajstić information content (AvgIpc) is 3.62. The molecule has 1 atom stereocenters. The van der Waals surface area contributed by atoms with Crippen LogP contribution in [0.4, 0.5) is 26.3 Å². The van der Waals surface area contributed by atoms with Gasteiger partial charge in [-0.05, 0) is 48.4 Å². The molecule has 1 amide bonds. The smallest absolute Gasteiger partial charge is 0.406 e. The number of carbonyl (C=O) groups excluding carboxylic acids is 1. The van der Waals surface area contributed by atoms with Crippen molar-refractivity contribution in [2.24, 2.45) is 0 Å². The minimum absolute atomic E-state index is 0.0123. The molecule has 4 aromatic rings. The lowest BCUT2D eigenvalue weighted by Gasteiger charge is -2.38. The maximum Gasteiger partial charge on any atom is 0.573 e. The lowest BCUT2D eigenvalue weighted by molar-refractivity contribution is -0.274. The first-order chi connectivity index (χ1) is 21.5. The van der Waals surface area contributed by atoms with Gasteiger partial charge in [0, 0.05) is 24.4 Å². The van der Waals surface area contributed by atoms with Crippen LogP contribution in [0.25, 0.3) is 22.5 Å². The predicted molar refractivity (Wildman–Crippen MR) is 154 cm³/mol. The Bertz CT molecular complexity index is 1930. The lowest BCUT2D eigenvalue weighted by Crippen LogP contribution is -2.46. The van der Waals surface area contributed by atoms with Crippen LogP contribution in [0.15, 0.2) is 79.1 Å². The number of carbonyl (C=O) groups is 1. The maximum atomic E-state index is 14.1. The van der Waals surface area contributed by atoms with Crippen LogP contribution in [-0.4, -0.2) is 64.2 Å². The number of aryl methyl sites for hydroxylation is 1. The molecule has 0 bridgehead atoms. The summed E-state index contributed by atoms with van der Waals surface area (Å²) in [6.45, 7) is -0.168. The molecule has 0 spiro atoms. The van der Waals surface area contributed by atoms with Gasteiger partial charge in [0.05, 0.1) is 17.6 Å². The molecule has 17 heteroatoms. The van der Waals surface area contributed by atoms with Gasteiger partial charge in [0.2, 0.25) is 4.87 Å². The highest BCUT2D eigenvalue weighted by atomic mass is 32.2. The van der Waals surface area contributed by atoms with Crippen molar-refractivity contribution in [3.05, 3.63) is 96.2 Å². The molecule has 2 aromatic carbocycles. The highest BCUT2D eigenvalue weighted by Crippen LogP contribution is 2.47. The highest BCUT2D eigenvalue weighted by Gasteiger charge is 2.52. The Labute approximate surface area is 257 Å². The number of benzene rings is 2. The third kappa shape index (κ3) is 6.54. The van der Waals surface area contributed by atoms with E-state index < -0.39 is 51.1 Å². The number of rotatable bonds is 8. The minimum Gasteiger partial charge on any atom is -0.406 e. The van der Waals surface area contributed by atoms with Crippen molar-refractivity contribution < 1.29 is 44.3 Å². The zero-order valence-corrected chi connectivity index (χ0v) is 24.8. The highest BCUT2D eigenvalue weighted by molar-refractivity contribution is 7.91. The Morgan fingerprint density at radius 1 is 1.00 bits per heavy atom. The van der Waals surface area contributed by atoms with Gasteiger partial charge < -0.3 is 14.6 Å². The van der Waals surface area contributed by atoms with E-state index in [0.717, 1.165) is 29.3 Å². The van der Waals surface area contributed by atoms with Gasteiger partial charge in [-0.25, -0.2) is 18.1 Å². The molecule has 46 heavy (non-hydrogen) atoms. The summed E-state index contributed by atoms with van der Waals surface area (Å²) in [4.78, 5) is 14.6. The number of hydrogen-bond acceptors (Lipinski definition) is 7. The Hall–Kier alpha value is -4.93. The summed E-state index contributed by atoms with van der Waals surface area (Å²) in [5, 5.41) is 9.82. The van der Waals surface area contributed by atoms with Gasteiger partial charge in [-0.3, -0.25) is 4.79 Å². The number of imidazole rings is 1. The molecule has 5 rings (SSSR count). The maximum absolute atomic E-state index is 14.1. The predicted octanol–water partition coefficient (Wildman–Crippen LogP) is 5.37. The van der Waals surface area contributed by atoms with Crippen molar-refractivity contribution in [1.82, 2.24) is 29.9 Å². The number of alkyl halides is 6. The van der Waals surface area contributed by atoms with E-state index in [1.54, 1.807) is 41.7 Å². The molecule has 0 saturated heterocycles. The van der Waals surface area contributed by atoms with Gasteiger partial charge >= 0.3 is 12.5 Å². The van der Waals surface area contributed by atoms with Crippen LogP contribution in [0.3, 0.4) is 0 Å². The second kappa shape index (κ2) is 11.8. The number of sulfone groups is 1. The fraction of sp³-hybridized carbons (Fsp3) is 0.241. The zero-order valence-electron chi connectivity index (χ0n) is 24.0. The SMILES string of the molecule is Cc1nc(C(=O)NCC(F)(F)F)cn1C1=CC=C(c2ccccc2)CC1(n1nncc1-c1ccc(OC(F)(F)F)cc1)S(C)(=O)=O. The fourth-order valence-electron chi connectivity index (χ4n) is 5.12. The molecule has 0 saturated carbocycles. The second-order valence-corrected chi connectivity index (χ2v) is 12.5. The van der Waals surface area contributed by atoms with Crippen LogP contribution < -0.4 is 10.1 Å². The molecule has 2 aromatic heterocycles. The second-order valence-electron chi connectivity index (χ2n) is 10.3. The Balaban J connectivity index is 1.69. The first-order valence-electron chi connectivity index (χ1n) is 13.3. The number of nitrogens with zero attached hydrogens (tertiary/aromatic N) is 5. The summed E-state index contributed by atoms with van der Waals surface area (Å²) >= 11 is 0. The standard InChI is InChI=1S/C29H24F6N6O4S/c1-18-38-23(26(42)36-17-28(30,31)32)16-40(18)25-13-10-21(19-6-4-3-5-7-19)14-27(25,46(2,43)44)41-24(15-37-39-41)20-8-11-22(12-9-20)45-29(33,34)35/h3-13,15-16H,14,17H2,1-2H3,(H,36,42).